The van der Waals surface area contributed by atoms with Gasteiger partial charge in [-0.15, -0.1) is 0 Å². The number of hydrogen-bond acceptors (Lipinski definition) is 4. The SMILES string of the molecule is CCOC(=O)CCN(C(=O)Cc1ccc(OCC)cc1)C1CC1. The summed E-state index contributed by atoms with van der Waals surface area (Å²) in [4.78, 5) is 25.8. The van der Waals surface area contributed by atoms with Crippen LogP contribution >= 0.6 is 0 Å². The summed E-state index contributed by atoms with van der Waals surface area (Å²) in [6.07, 6.45) is 2.67. The maximum atomic E-state index is 12.5. The zero-order valence-corrected chi connectivity index (χ0v) is 13.9. The topological polar surface area (TPSA) is 55.8 Å². The first kappa shape index (κ1) is 17.3. The van der Waals surface area contributed by atoms with Crippen LogP contribution in [0.25, 0.3) is 0 Å². The van der Waals surface area contributed by atoms with E-state index < -0.39 is 0 Å². The molecule has 1 aromatic rings. The molecule has 0 aromatic heterocycles. The molecule has 1 amide bonds. The molecule has 126 valence electrons. The quantitative estimate of drug-likeness (QED) is 0.657. The van der Waals surface area contributed by atoms with Crippen molar-refractivity contribution in [2.45, 2.75) is 45.6 Å². The van der Waals surface area contributed by atoms with Gasteiger partial charge in [-0.1, -0.05) is 12.1 Å². The first-order valence-electron chi connectivity index (χ1n) is 8.30. The van der Waals surface area contributed by atoms with Gasteiger partial charge in [0.2, 0.25) is 5.91 Å². The second kappa shape index (κ2) is 8.56. The van der Waals surface area contributed by atoms with Gasteiger partial charge < -0.3 is 14.4 Å². The van der Waals surface area contributed by atoms with Crippen LogP contribution in [0.15, 0.2) is 24.3 Å². The molecule has 5 heteroatoms. The van der Waals surface area contributed by atoms with E-state index in [9.17, 15) is 9.59 Å². The average Bonchev–Trinajstić information content (AvgIpc) is 3.35. The molecule has 1 aliphatic rings. The van der Waals surface area contributed by atoms with Gasteiger partial charge in [-0.3, -0.25) is 9.59 Å². The van der Waals surface area contributed by atoms with Crippen LogP contribution in [-0.2, 0) is 20.7 Å². The normalized spacial score (nSPS) is 13.5. The van der Waals surface area contributed by atoms with Gasteiger partial charge in [-0.25, -0.2) is 0 Å². The Morgan fingerprint density at radius 1 is 1.13 bits per heavy atom. The number of ether oxygens (including phenoxy) is 2. The summed E-state index contributed by atoms with van der Waals surface area (Å²) in [5.41, 5.74) is 0.959. The molecule has 0 spiro atoms. The molecule has 0 saturated heterocycles. The zero-order chi connectivity index (χ0) is 16.7. The Labute approximate surface area is 137 Å². The van der Waals surface area contributed by atoms with Crippen molar-refractivity contribution >= 4 is 11.9 Å². The standard InChI is InChI=1S/C18H25NO4/c1-3-22-16-9-5-14(6-10-16)13-17(20)19(15-7-8-15)12-11-18(21)23-4-2/h5-6,9-10,15H,3-4,7-8,11-13H2,1-2H3. The predicted molar refractivity (Wildman–Crippen MR) is 87.3 cm³/mol. The van der Waals surface area contributed by atoms with Gasteiger partial charge in [0.15, 0.2) is 0 Å². The third kappa shape index (κ3) is 5.58. The first-order chi connectivity index (χ1) is 11.1. The van der Waals surface area contributed by atoms with Gasteiger partial charge in [0.1, 0.15) is 5.75 Å². The van der Waals surface area contributed by atoms with Crippen LogP contribution in [0, 0.1) is 0 Å². The van der Waals surface area contributed by atoms with E-state index in [1.807, 2.05) is 36.1 Å². The molecule has 1 aliphatic carbocycles. The number of amides is 1. The third-order valence-corrected chi connectivity index (χ3v) is 3.76. The van der Waals surface area contributed by atoms with Crippen LogP contribution in [0.1, 0.15) is 38.7 Å². The Morgan fingerprint density at radius 2 is 1.83 bits per heavy atom. The van der Waals surface area contributed by atoms with E-state index in [0.717, 1.165) is 24.2 Å². The fraction of sp³-hybridized carbons (Fsp3) is 0.556. The summed E-state index contributed by atoms with van der Waals surface area (Å²) < 4.78 is 10.3. The van der Waals surface area contributed by atoms with E-state index in [1.54, 1.807) is 6.92 Å². The van der Waals surface area contributed by atoms with Crippen molar-refractivity contribution in [1.29, 1.82) is 0 Å². The maximum absolute atomic E-state index is 12.5. The number of hydrogen-bond donors (Lipinski definition) is 0. The lowest BCUT2D eigenvalue weighted by Gasteiger charge is -2.22. The molecule has 5 nitrogen and oxygen atoms in total. The summed E-state index contributed by atoms with van der Waals surface area (Å²) in [7, 11) is 0. The number of rotatable bonds is 9. The Hall–Kier alpha value is -2.04. The molecule has 0 atom stereocenters. The molecule has 1 fully saturated rings. The Morgan fingerprint density at radius 3 is 2.39 bits per heavy atom. The van der Waals surface area contributed by atoms with E-state index in [0.29, 0.717) is 32.2 Å². The lowest BCUT2D eigenvalue weighted by Crippen LogP contribution is -2.36. The zero-order valence-electron chi connectivity index (χ0n) is 13.9. The number of carbonyl (C=O) groups excluding carboxylic acids is 2. The van der Waals surface area contributed by atoms with Crippen molar-refractivity contribution in [2.24, 2.45) is 0 Å². The first-order valence-corrected chi connectivity index (χ1v) is 8.30. The highest BCUT2D eigenvalue weighted by atomic mass is 16.5. The van der Waals surface area contributed by atoms with Crippen molar-refractivity contribution in [3.63, 3.8) is 0 Å². The van der Waals surface area contributed by atoms with Gasteiger partial charge in [-0.05, 0) is 44.4 Å². The second-order valence-electron chi connectivity index (χ2n) is 5.63. The average molecular weight is 319 g/mol. The smallest absolute Gasteiger partial charge is 0.307 e. The summed E-state index contributed by atoms with van der Waals surface area (Å²) >= 11 is 0. The predicted octanol–water partition coefficient (Wildman–Crippen LogP) is 2.57. The summed E-state index contributed by atoms with van der Waals surface area (Å²) in [6, 6.07) is 7.89. The number of benzene rings is 1. The molecular weight excluding hydrogens is 294 g/mol. The van der Waals surface area contributed by atoms with E-state index in [1.165, 1.54) is 0 Å². The van der Waals surface area contributed by atoms with Crippen LogP contribution < -0.4 is 4.74 Å². The van der Waals surface area contributed by atoms with E-state index in [-0.39, 0.29) is 18.3 Å². The minimum absolute atomic E-state index is 0.0703. The lowest BCUT2D eigenvalue weighted by atomic mass is 10.1. The largest absolute Gasteiger partial charge is 0.494 e. The molecule has 1 saturated carbocycles. The number of carbonyl (C=O) groups is 2. The summed E-state index contributed by atoms with van der Waals surface area (Å²) in [5.74, 6) is 0.637. The van der Waals surface area contributed by atoms with Gasteiger partial charge in [0.05, 0.1) is 26.1 Å². The number of esters is 1. The molecule has 23 heavy (non-hydrogen) atoms. The van der Waals surface area contributed by atoms with Crippen LogP contribution in [-0.4, -0.2) is 42.6 Å². The molecule has 2 rings (SSSR count). The minimum Gasteiger partial charge on any atom is -0.494 e. The molecule has 0 heterocycles. The van der Waals surface area contributed by atoms with Crippen molar-refractivity contribution in [3.05, 3.63) is 29.8 Å². The van der Waals surface area contributed by atoms with E-state index >= 15 is 0 Å². The molecule has 0 aliphatic heterocycles. The lowest BCUT2D eigenvalue weighted by molar-refractivity contribution is -0.144. The summed E-state index contributed by atoms with van der Waals surface area (Å²) in [5, 5.41) is 0. The van der Waals surface area contributed by atoms with Crippen LogP contribution in [0.2, 0.25) is 0 Å². The maximum Gasteiger partial charge on any atom is 0.307 e. The Bertz CT molecular complexity index is 522. The van der Waals surface area contributed by atoms with Crippen LogP contribution in [0.5, 0.6) is 5.75 Å². The van der Waals surface area contributed by atoms with E-state index in [4.69, 9.17) is 9.47 Å². The van der Waals surface area contributed by atoms with Crippen molar-refractivity contribution in [1.82, 2.24) is 4.90 Å². The monoisotopic (exact) mass is 319 g/mol. The van der Waals surface area contributed by atoms with Gasteiger partial charge in [0.25, 0.3) is 0 Å². The molecular formula is C18H25NO4. The molecule has 0 bridgehead atoms. The fourth-order valence-electron chi connectivity index (χ4n) is 2.49. The molecule has 0 unspecified atom stereocenters. The molecule has 0 radical (unpaired) electrons. The minimum atomic E-state index is -0.244. The van der Waals surface area contributed by atoms with Crippen molar-refractivity contribution in [2.75, 3.05) is 19.8 Å². The number of nitrogens with zero attached hydrogens (tertiary/aromatic N) is 1. The fourth-order valence-corrected chi connectivity index (χ4v) is 2.49. The van der Waals surface area contributed by atoms with Gasteiger partial charge >= 0.3 is 5.97 Å². The highest BCUT2D eigenvalue weighted by Crippen LogP contribution is 2.27. The Kier molecular flexibility index (Phi) is 6.44. The summed E-state index contributed by atoms with van der Waals surface area (Å²) in [6.45, 7) is 5.17. The van der Waals surface area contributed by atoms with E-state index in [2.05, 4.69) is 0 Å². The molecule has 1 aromatic carbocycles. The van der Waals surface area contributed by atoms with Crippen LogP contribution in [0.4, 0.5) is 0 Å². The highest BCUT2D eigenvalue weighted by molar-refractivity contribution is 5.80. The highest BCUT2D eigenvalue weighted by Gasteiger charge is 2.32. The molecule has 0 N–H and O–H groups in total. The Balaban J connectivity index is 1.89. The second-order valence-corrected chi connectivity index (χ2v) is 5.63. The van der Waals surface area contributed by atoms with Crippen molar-refractivity contribution in [3.8, 4) is 5.75 Å². The van der Waals surface area contributed by atoms with Crippen molar-refractivity contribution < 1.29 is 19.1 Å². The van der Waals surface area contributed by atoms with Gasteiger partial charge in [0, 0.05) is 12.6 Å². The third-order valence-electron chi connectivity index (χ3n) is 3.76. The van der Waals surface area contributed by atoms with Gasteiger partial charge in [-0.2, -0.15) is 0 Å². The van der Waals surface area contributed by atoms with Crippen LogP contribution in [0.3, 0.4) is 0 Å².